The van der Waals surface area contributed by atoms with Crippen LogP contribution in [0.5, 0.6) is 0 Å². The monoisotopic (exact) mass is 524 g/mol. The van der Waals surface area contributed by atoms with E-state index in [4.69, 9.17) is 0 Å². The molecule has 2 heterocycles. The maximum Gasteiger partial charge on any atom is 0.303 e. The molecule has 1 aromatic heterocycles. The largest absolute Gasteiger partial charge is 0.481 e. The third kappa shape index (κ3) is 6.18. The van der Waals surface area contributed by atoms with Crippen LogP contribution in [0.2, 0.25) is 0 Å². The lowest BCUT2D eigenvalue weighted by molar-refractivity contribution is -0.138. The number of aliphatic carboxylic acids is 1. The molecule has 8 heteroatoms. The molecule has 2 amide bonds. The molecule has 3 N–H and O–H groups in total. The highest BCUT2D eigenvalue weighted by atomic mass is 16.4. The van der Waals surface area contributed by atoms with E-state index >= 15 is 0 Å². The first-order valence-electron chi connectivity index (χ1n) is 13.2. The maximum absolute atomic E-state index is 13.6. The van der Waals surface area contributed by atoms with Crippen LogP contribution in [0, 0.1) is 0 Å². The van der Waals surface area contributed by atoms with E-state index in [1.807, 2.05) is 60.7 Å². The van der Waals surface area contributed by atoms with Gasteiger partial charge in [-0.2, -0.15) is 0 Å². The van der Waals surface area contributed by atoms with Crippen molar-refractivity contribution in [3.63, 3.8) is 0 Å². The van der Waals surface area contributed by atoms with Gasteiger partial charge in [0.2, 0.25) is 5.91 Å². The second-order valence-corrected chi connectivity index (χ2v) is 9.81. The van der Waals surface area contributed by atoms with Crippen molar-refractivity contribution in [3.8, 4) is 0 Å². The quantitative estimate of drug-likeness (QED) is 0.306. The van der Waals surface area contributed by atoms with Crippen molar-refractivity contribution in [2.24, 2.45) is 0 Å². The van der Waals surface area contributed by atoms with E-state index < -0.39 is 17.9 Å². The van der Waals surface area contributed by atoms with Crippen LogP contribution in [0.1, 0.15) is 40.5 Å². The van der Waals surface area contributed by atoms with Gasteiger partial charge in [0.1, 0.15) is 11.7 Å². The molecule has 0 radical (unpaired) electrons. The van der Waals surface area contributed by atoms with Gasteiger partial charge in [-0.05, 0) is 29.7 Å². The van der Waals surface area contributed by atoms with E-state index in [1.54, 1.807) is 11.0 Å². The zero-order valence-corrected chi connectivity index (χ0v) is 21.6. The minimum Gasteiger partial charge on any atom is -0.481 e. The third-order valence-corrected chi connectivity index (χ3v) is 7.25. The molecule has 0 aliphatic carbocycles. The molecule has 0 saturated carbocycles. The molecule has 5 rings (SSSR count). The molecular weight excluding hydrogens is 492 g/mol. The van der Waals surface area contributed by atoms with E-state index in [2.05, 4.69) is 39.5 Å². The number of amides is 2. The predicted molar refractivity (Wildman–Crippen MR) is 149 cm³/mol. The summed E-state index contributed by atoms with van der Waals surface area (Å²) in [6.45, 7) is 2.28. The molecule has 1 saturated heterocycles. The van der Waals surface area contributed by atoms with Gasteiger partial charge in [0, 0.05) is 43.5 Å². The van der Waals surface area contributed by atoms with Crippen molar-refractivity contribution in [3.05, 3.63) is 108 Å². The van der Waals surface area contributed by atoms with Gasteiger partial charge in [-0.25, -0.2) is 0 Å². The number of piperazine rings is 1. The normalized spacial score (nSPS) is 14.8. The number of fused-ring (bicyclic) bond motifs is 1. The van der Waals surface area contributed by atoms with Gasteiger partial charge in [-0.3, -0.25) is 19.3 Å². The minimum absolute atomic E-state index is 0.0248. The Morgan fingerprint density at radius 3 is 2.00 bits per heavy atom. The average Bonchev–Trinajstić information content (AvgIpc) is 3.41. The Kier molecular flexibility index (Phi) is 8.03. The summed E-state index contributed by atoms with van der Waals surface area (Å²) in [5.41, 5.74) is 3.53. The van der Waals surface area contributed by atoms with Crippen molar-refractivity contribution in [2.75, 3.05) is 26.2 Å². The van der Waals surface area contributed by atoms with Crippen molar-refractivity contribution in [1.29, 1.82) is 0 Å². The molecule has 1 aliphatic heterocycles. The average molecular weight is 525 g/mol. The molecule has 4 aromatic rings. The zero-order valence-electron chi connectivity index (χ0n) is 21.6. The molecule has 1 atom stereocenters. The third-order valence-electron chi connectivity index (χ3n) is 7.25. The Hall–Kier alpha value is -4.43. The molecular formula is C31H32N4O4. The second-order valence-electron chi connectivity index (χ2n) is 9.81. The molecule has 200 valence electrons. The maximum atomic E-state index is 13.6. The number of para-hydroxylation sites is 1. The second kappa shape index (κ2) is 12.0. The number of hydrogen-bond acceptors (Lipinski definition) is 4. The fourth-order valence-corrected chi connectivity index (χ4v) is 5.26. The summed E-state index contributed by atoms with van der Waals surface area (Å²) in [6.07, 6.45) is -0.190. The van der Waals surface area contributed by atoms with Crippen LogP contribution in [0.3, 0.4) is 0 Å². The summed E-state index contributed by atoms with van der Waals surface area (Å²) in [5.74, 6) is -1.69. The fourth-order valence-electron chi connectivity index (χ4n) is 5.26. The molecule has 3 aromatic carbocycles. The summed E-state index contributed by atoms with van der Waals surface area (Å²) in [6, 6.07) is 29.0. The lowest BCUT2D eigenvalue weighted by Crippen LogP contribution is -2.55. The fraction of sp³-hybridized carbons (Fsp3) is 0.258. The summed E-state index contributed by atoms with van der Waals surface area (Å²) >= 11 is 0. The van der Waals surface area contributed by atoms with Crippen molar-refractivity contribution >= 4 is 28.7 Å². The van der Waals surface area contributed by atoms with Crippen LogP contribution in [-0.2, 0) is 9.59 Å². The number of carbonyl (C=O) groups is 3. The molecule has 39 heavy (non-hydrogen) atoms. The van der Waals surface area contributed by atoms with Gasteiger partial charge < -0.3 is 20.3 Å². The van der Waals surface area contributed by atoms with Gasteiger partial charge in [-0.1, -0.05) is 78.9 Å². The van der Waals surface area contributed by atoms with Crippen LogP contribution >= 0.6 is 0 Å². The molecule has 0 unspecified atom stereocenters. The number of H-pyrrole nitrogens is 1. The Bertz CT molecular complexity index is 1360. The molecule has 1 fully saturated rings. The lowest BCUT2D eigenvalue weighted by Gasteiger charge is -2.40. The van der Waals surface area contributed by atoms with Gasteiger partial charge in [0.05, 0.1) is 6.04 Å². The Labute approximate surface area is 227 Å². The first-order valence-corrected chi connectivity index (χ1v) is 13.2. The van der Waals surface area contributed by atoms with E-state index in [0.29, 0.717) is 31.9 Å². The Morgan fingerprint density at radius 2 is 1.41 bits per heavy atom. The summed E-state index contributed by atoms with van der Waals surface area (Å²) in [4.78, 5) is 45.1. The summed E-state index contributed by atoms with van der Waals surface area (Å²) < 4.78 is 0. The molecule has 1 aliphatic rings. The zero-order chi connectivity index (χ0) is 27.2. The number of aromatic nitrogens is 1. The summed E-state index contributed by atoms with van der Waals surface area (Å²) in [7, 11) is 0. The van der Waals surface area contributed by atoms with Crippen LogP contribution in [0.25, 0.3) is 10.9 Å². The highest BCUT2D eigenvalue weighted by molar-refractivity contribution is 6.00. The summed E-state index contributed by atoms with van der Waals surface area (Å²) in [5, 5.41) is 12.9. The first kappa shape index (κ1) is 26.2. The Balaban J connectivity index is 1.28. The standard InChI is InChI=1S/C31H32N4O4/c36-28(37)16-15-26(33-30(38)27-21-24-13-7-8-14-25(24)32-27)31(39)35-19-17-34(18-20-35)29(22-9-3-1-4-10-22)23-11-5-2-6-12-23/h1-14,21,26,29,32H,15-20H2,(H,33,38)(H,36,37)/t26-/m0/s1. The van der Waals surface area contributed by atoms with Gasteiger partial charge in [0.25, 0.3) is 5.91 Å². The molecule has 8 nitrogen and oxygen atoms in total. The lowest BCUT2D eigenvalue weighted by atomic mass is 9.96. The number of rotatable bonds is 9. The van der Waals surface area contributed by atoms with Crippen molar-refractivity contribution in [2.45, 2.75) is 24.9 Å². The number of carbonyl (C=O) groups excluding carboxylic acids is 2. The van der Waals surface area contributed by atoms with Crippen LogP contribution < -0.4 is 5.32 Å². The number of carboxylic acids is 1. The van der Waals surface area contributed by atoms with Crippen LogP contribution in [0.4, 0.5) is 0 Å². The Morgan fingerprint density at radius 1 is 0.821 bits per heavy atom. The number of benzene rings is 3. The number of aromatic amines is 1. The number of carboxylic acid groups (broad SMARTS) is 1. The van der Waals surface area contributed by atoms with Crippen molar-refractivity contribution < 1.29 is 19.5 Å². The van der Waals surface area contributed by atoms with E-state index in [9.17, 15) is 19.5 Å². The number of nitrogens with zero attached hydrogens (tertiary/aromatic N) is 2. The predicted octanol–water partition coefficient (Wildman–Crippen LogP) is 4.06. The van der Waals surface area contributed by atoms with Gasteiger partial charge >= 0.3 is 5.97 Å². The van der Waals surface area contributed by atoms with Gasteiger partial charge in [0.15, 0.2) is 0 Å². The van der Waals surface area contributed by atoms with Gasteiger partial charge in [-0.15, -0.1) is 0 Å². The van der Waals surface area contributed by atoms with Crippen LogP contribution in [-0.4, -0.2) is 69.9 Å². The van der Waals surface area contributed by atoms with E-state index in [-0.39, 0.29) is 24.8 Å². The highest BCUT2D eigenvalue weighted by Crippen LogP contribution is 2.29. The van der Waals surface area contributed by atoms with E-state index in [1.165, 1.54) is 11.1 Å². The first-order chi connectivity index (χ1) is 19.0. The molecule has 0 spiro atoms. The topological polar surface area (TPSA) is 106 Å². The molecule has 0 bridgehead atoms. The van der Waals surface area contributed by atoms with Crippen molar-refractivity contribution in [1.82, 2.24) is 20.1 Å². The number of nitrogens with one attached hydrogen (secondary N) is 2. The number of hydrogen-bond donors (Lipinski definition) is 3. The smallest absolute Gasteiger partial charge is 0.303 e. The van der Waals surface area contributed by atoms with E-state index in [0.717, 1.165) is 10.9 Å². The van der Waals surface area contributed by atoms with Crippen LogP contribution in [0.15, 0.2) is 91.0 Å². The SMILES string of the molecule is O=C(O)CC[C@H](NC(=O)c1cc2ccccc2[nH]1)C(=O)N1CCN(C(c2ccccc2)c2ccccc2)CC1. The highest BCUT2D eigenvalue weighted by Gasteiger charge is 2.32. The minimum atomic E-state index is -1.01.